The van der Waals surface area contributed by atoms with Crippen molar-refractivity contribution < 1.29 is 17.9 Å². The molecule has 0 atom stereocenters. The van der Waals surface area contributed by atoms with Crippen LogP contribution in [0.15, 0.2) is 96.0 Å². The molecule has 0 saturated carbocycles. The number of aromatic nitrogens is 1. The van der Waals surface area contributed by atoms with Crippen LogP contribution in [0.25, 0.3) is 0 Å². The van der Waals surface area contributed by atoms with Crippen LogP contribution in [-0.4, -0.2) is 26.6 Å². The Hall–Kier alpha value is -3.51. The Kier molecular flexibility index (Phi) is 6.06. The summed E-state index contributed by atoms with van der Waals surface area (Å²) in [4.78, 5) is 0.236. The van der Waals surface area contributed by atoms with Gasteiger partial charge in [-0.15, -0.1) is 0 Å². The first-order chi connectivity index (χ1) is 15.5. The molecule has 0 N–H and O–H groups in total. The van der Waals surface area contributed by atoms with Gasteiger partial charge in [-0.1, -0.05) is 54.1 Å². The van der Waals surface area contributed by atoms with E-state index in [0.29, 0.717) is 17.2 Å². The first-order valence-corrected chi connectivity index (χ1v) is 11.7. The highest BCUT2D eigenvalue weighted by molar-refractivity contribution is 7.90. The lowest BCUT2D eigenvalue weighted by atomic mass is 9.87. The Bertz CT molecular complexity index is 1280. The molecule has 5 nitrogen and oxygen atoms in total. The highest BCUT2D eigenvalue weighted by Crippen LogP contribution is 2.41. The fraction of sp³-hybridized carbons (Fsp3) is 0.154. The van der Waals surface area contributed by atoms with Gasteiger partial charge in [-0.05, 0) is 43.3 Å². The molecule has 0 bridgehead atoms. The van der Waals surface area contributed by atoms with Crippen LogP contribution in [0.2, 0.25) is 0 Å². The molecular weight excluding hydrogens is 422 g/mol. The zero-order valence-electron chi connectivity index (χ0n) is 18.2. The van der Waals surface area contributed by atoms with Crippen LogP contribution < -0.4 is 9.47 Å². The molecule has 0 amide bonds. The van der Waals surface area contributed by atoms with E-state index in [4.69, 9.17) is 9.47 Å². The minimum Gasteiger partial charge on any atom is -0.496 e. The van der Waals surface area contributed by atoms with Gasteiger partial charge in [0.15, 0.2) is 0 Å². The molecule has 3 aromatic carbocycles. The minimum atomic E-state index is -3.81. The standard InChI is InChI=1S/C26H25NO4S/c1-19-14-16-20(17-15-19)32(28,29)27-18-8-11-23(27)26(21-9-4-6-12-24(21)30-2)22-10-5-7-13-25(22)31-3/h4-18,26H,1-3H3. The molecule has 1 heterocycles. The number of methoxy groups -OCH3 is 2. The zero-order valence-corrected chi connectivity index (χ0v) is 19.0. The molecule has 4 aromatic rings. The lowest BCUT2D eigenvalue weighted by molar-refractivity contribution is 0.402. The summed E-state index contributed by atoms with van der Waals surface area (Å²) in [5, 5.41) is 0. The van der Waals surface area contributed by atoms with Crippen molar-refractivity contribution >= 4 is 10.0 Å². The molecule has 0 aliphatic rings. The minimum absolute atomic E-state index is 0.236. The highest BCUT2D eigenvalue weighted by atomic mass is 32.2. The summed E-state index contributed by atoms with van der Waals surface area (Å²) in [7, 11) is -0.586. The number of aryl methyl sites for hydroxylation is 1. The van der Waals surface area contributed by atoms with Crippen LogP contribution >= 0.6 is 0 Å². The molecule has 0 aliphatic heterocycles. The highest BCUT2D eigenvalue weighted by Gasteiger charge is 2.29. The molecule has 0 radical (unpaired) electrons. The van der Waals surface area contributed by atoms with E-state index in [1.165, 1.54) is 3.97 Å². The van der Waals surface area contributed by atoms with Crippen LogP contribution in [0.3, 0.4) is 0 Å². The lowest BCUT2D eigenvalue weighted by Crippen LogP contribution is -2.19. The van der Waals surface area contributed by atoms with Crippen molar-refractivity contribution in [3.63, 3.8) is 0 Å². The van der Waals surface area contributed by atoms with Gasteiger partial charge in [0.1, 0.15) is 11.5 Å². The quantitative estimate of drug-likeness (QED) is 0.389. The Labute approximate surface area is 188 Å². The largest absolute Gasteiger partial charge is 0.496 e. The molecule has 0 unspecified atom stereocenters. The Morgan fingerprint density at radius 1 is 0.719 bits per heavy atom. The number of ether oxygens (including phenoxy) is 2. The maximum atomic E-state index is 13.6. The maximum Gasteiger partial charge on any atom is 0.267 e. The van der Waals surface area contributed by atoms with E-state index in [2.05, 4.69) is 0 Å². The van der Waals surface area contributed by atoms with E-state index in [-0.39, 0.29) is 4.90 Å². The lowest BCUT2D eigenvalue weighted by Gasteiger charge is -2.24. The second-order valence-electron chi connectivity index (χ2n) is 7.46. The number of rotatable bonds is 7. The van der Waals surface area contributed by atoms with Gasteiger partial charge < -0.3 is 9.47 Å². The SMILES string of the molecule is COc1ccccc1C(c1ccccc1OC)c1cccn1S(=O)(=O)c1ccc(C)cc1. The van der Waals surface area contributed by atoms with E-state index in [1.54, 1.807) is 50.7 Å². The summed E-state index contributed by atoms with van der Waals surface area (Å²) in [6.45, 7) is 1.93. The molecular formula is C26H25NO4S. The summed E-state index contributed by atoms with van der Waals surface area (Å²) in [5.74, 6) is 0.908. The van der Waals surface area contributed by atoms with E-state index in [9.17, 15) is 8.42 Å². The second-order valence-corrected chi connectivity index (χ2v) is 9.28. The number of nitrogens with zero attached hydrogens (tertiary/aromatic N) is 1. The number of benzene rings is 3. The molecule has 164 valence electrons. The van der Waals surface area contributed by atoms with Crippen molar-refractivity contribution in [3.05, 3.63) is 114 Å². The molecule has 0 fully saturated rings. The predicted molar refractivity (Wildman–Crippen MR) is 125 cm³/mol. The van der Waals surface area contributed by atoms with Gasteiger partial charge in [-0.3, -0.25) is 0 Å². The van der Waals surface area contributed by atoms with Gasteiger partial charge in [0.2, 0.25) is 0 Å². The Balaban J connectivity index is 1.97. The van der Waals surface area contributed by atoms with Crippen molar-refractivity contribution in [2.45, 2.75) is 17.7 Å². The molecule has 1 aromatic heterocycles. The van der Waals surface area contributed by atoms with Crippen LogP contribution in [0.1, 0.15) is 28.3 Å². The first-order valence-electron chi connectivity index (χ1n) is 10.2. The zero-order chi connectivity index (χ0) is 22.7. The summed E-state index contributed by atoms with van der Waals surface area (Å²) >= 11 is 0. The topological polar surface area (TPSA) is 57.5 Å². The number of para-hydroxylation sites is 2. The molecule has 0 aliphatic carbocycles. The van der Waals surface area contributed by atoms with Crippen LogP contribution in [0, 0.1) is 6.92 Å². The summed E-state index contributed by atoms with van der Waals surface area (Å²) in [5.41, 5.74) is 3.29. The van der Waals surface area contributed by atoms with Crippen molar-refractivity contribution in [1.29, 1.82) is 0 Å². The second kappa shape index (κ2) is 8.93. The van der Waals surface area contributed by atoms with Crippen molar-refractivity contribution in [2.75, 3.05) is 14.2 Å². The third-order valence-corrected chi connectivity index (χ3v) is 7.23. The normalized spacial score (nSPS) is 11.5. The molecule has 6 heteroatoms. The van der Waals surface area contributed by atoms with Crippen LogP contribution in [0.4, 0.5) is 0 Å². The average molecular weight is 448 g/mol. The van der Waals surface area contributed by atoms with Crippen molar-refractivity contribution in [1.82, 2.24) is 3.97 Å². The third-order valence-electron chi connectivity index (χ3n) is 5.52. The monoisotopic (exact) mass is 447 g/mol. The van der Waals surface area contributed by atoms with Gasteiger partial charge >= 0.3 is 0 Å². The van der Waals surface area contributed by atoms with Gasteiger partial charge in [-0.2, -0.15) is 0 Å². The van der Waals surface area contributed by atoms with E-state index in [0.717, 1.165) is 16.7 Å². The summed E-state index contributed by atoms with van der Waals surface area (Å²) in [6.07, 6.45) is 1.59. The third kappa shape index (κ3) is 3.89. The molecule has 32 heavy (non-hydrogen) atoms. The van der Waals surface area contributed by atoms with Gasteiger partial charge in [0.25, 0.3) is 10.0 Å². The van der Waals surface area contributed by atoms with E-state index in [1.807, 2.05) is 61.5 Å². The Morgan fingerprint density at radius 2 is 1.25 bits per heavy atom. The average Bonchev–Trinajstić information content (AvgIpc) is 3.30. The van der Waals surface area contributed by atoms with Crippen LogP contribution in [-0.2, 0) is 10.0 Å². The Morgan fingerprint density at radius 3 is 1.78 bits per heavy atom. The van der Waals surface area contributed by atoms with Gasteiger partial charge in [-0.25, -0.2) is 12.4 Å². The number of hydrogen-bond donors (Lipinski definition) is 0. The fourth-order valence-corrected chi connectivity index (χ4v) is 5.32. The summed E-state index contributed by atoms with van der Waals surface area (Å²) in [6, 6.07) is 25.7. The van der Waals surface area contributed by atoms with Crippen molar-refractivity contribution in [2.24, 2.45) is 0 Å². The summed E-state index contributed by atoms with van der Waals surface area (Å²) < 4.78 is 39.8. The molecule has 0 saturated heterocycles. The van der Waals surface area contributed by atoms with Gasteiger partial charge in [0, 0.05) is 23.0 Å². The fourth-order valence-electron chi connectivity index (χ4n) is 3.94. The first kappa shape index (κ1) is 21.7. The van der Waals surface area contributed by atoms with E-state index >= 15 is 0 Å². The molecule has 4 rings (SSSR count). The van der Waals surface area contributed by atoms with E-state index < -0.39 is 15.9 Å². The number of hydrogen-bond acceptors (Lipinski definition) is 4. The maximum absolute atomic E-state index is 13.6. The smallest absolute Gasteiger partial charge is 0.267 e. The predicted octanol–water partition coefficient (Wildman–Crippen LogP) is 5.23. The van der Waals surface area contributed by atoms with Crippen LogP contribution in [0.5, 0.6) is 11.5 Å². The van der Waals surface area contributed by atoms with Crippen molar-refractivity contribution in [3.8, 4) is 11.5 Å². The molecule has 0 spiro atoms. The van der Waals surface area contributed by atoms with Gasteiger partial charge in [0.05, 0.1) is 25.0 Å².